The number of urea groups is 1. The fourth-order valence-electron chi connectivity index (χ4n) is 2.51. The van der Waals surface area contributed by atoms with Gasteiger partial charge in [0.15, 0.2) is 0 Å². The number of nitrogens with zero attached hydrogens (tertiary/aromatic N) is 2. The number of anilines is 1. The molecular formula is C15H21N3O2. The molecule has 1 saturated heterocycles. The Morgan fingerprint density at radius 2 is 1.90 bits per heavy atom. The number of hydrogen-bond donors (Lipinski definition) is 1. The molecule has 0 radical (unpaired) electrons. The van der Waals surface area contributed by atoms with Crippen molar-refractivity contribution in [2.75, 3.05) is 31.2 Å². The van der Waals surface area contributed by atoms with Crippen LogP contribution in [0.3, 0.4) is 0 Å². The smallest absolute Gasteiger partial charge is 0.324 e. The van der Waals surface area contributed by atoms with Crippen LogP contribution in [-0.4, -0.2) is 43.3 Å². The molecule has 1 heterocycles. The van der Waals surface area contributed by atoms with Crippen LogP contribution < -0.4 is 10.6 Å². The summed E-state index contributed by atoms with van der Waals surface area (Å²) in [6.45, 7) is 3.17. The van der Waals surface area contributed by atoms with Crippen LogP contribution in [-0.2, 0) is 11.3 Å². The van der Waals surface area contributed by atoms with E-state index in [0.717, 1.165) is 24.1 Å². The fourth-order valence-corrected chi connectivity index (χ4v) is 2.51. The van der Waals surface area contributed by atoms with E-state index in [2.05, 4.69) is 0 Å². The van der Waals surface area contributed by atoms with E-state index in [9.17, 15) is 4.79 Å². The van der Waals surface area contributed by atoms with Gasteiger partial charge in [-0.2, -0.15) is 0 Å². The average molecular weight is 275 g/mol. The van der Waals surface area contributed by atoms with Crippen molar-refractivity contribution in [1.29, 1.82) is 0 Å². The first-order valence-electron chi connectivity index (χ1n) is 7.24. The molecular weight excluding hydrogens is 254 g/mol. The predicted molar refractivity (Wildman–Crippen MR) is 77.6 cm³/mol. The summed E-state index contributed by atoms with van der Waals surface area (Å²) in [5.41, 5.74) is 7.68. The highest BCUT2D eigenvalue weighted by Gasteiger charge is 2.36. The second-order valence-corrected chi connectivity index (χ2v) is 5.35. The molecule has 108 valence electrons. The lowest BCUT2D eigenvalue weighted by molar-refractivity contribution is 0.0548. The molecule has 3 rings (SSSR count). The Bertz CT molecular complexity index is 465. The molecule has 1 aromatic carbocycles. The molecule has 2 fully saturated rings. The van der Waals surface area contributed by atoms with Crippen LogP contribution in [0.15, 0.2) is 24.3 Å². The molecule has 2 aliphatic rings. The monoisotopic (exact) mass is 275 g/mol. The third-order valence-electron chi connectivity index (χ3n) is 3.85. The van der Waals surface area contributed by atoms with Crippen LogP contribution in [0.5, 0.6) is 0 Å². The summed E-state index contributed by atoms with van der Waals surface area (Å²) in [6, 6.07) is 8.46. The molecule has 0 unspecified atom stereocenters. The van der Waals surface area contributed by atoms with Gasteiger partial charge in [0.1, 0.15) is 0 Å². The Kier molecular flexibility index (Phi) is 3.89. The minimum atomic E-state index is 0.108. The van der Waals surface area contributed by atoms with Crippen LogP contribution >= 0.6 is 0 Å². The summed E-state index contributed by atoms with van der Waals surface area (Å²) in [4.78, 5) is 16.5. The number of rotatable bonds is 3. The molecule has 1 aliphatic carbocycles. The molecule has 1 saturated carbocycles. The van der Waals surface area contributed by atoms with E-state index in [4.69, 9.17) is 10.5 Å². The van der Waals surface area contributed by atoms with Crippen LogP contribution in [0.1, 0.15) is 18.4 Å². The average Bonchev–Trinajstić information content (AvgIpc) is 3.34. The van der Waals surface area contributed by atoms with Gasteiger partial charge in [-0.3, -0.25) is 4.90 Å². The summed E-state index contributed by atoms with van der Waals surface area (Å²) in [5.74, 6) is 0. The van der Waals surface area contributed by atoms with Crippen molar-refractivity contribution in [3.05, 3.63) is 29.8 Å². The lowest BCUT2D eigenvalue weighted by atomic mass is 10.2. The molecule has 2 N–H and O–H groups in total. The lowest BCUT2D eigenvalue weighted by Crippen LogP contribution is -2.49. The maximum absolute atomic E-state index is 12.7. The number of hydrogen-bond acceptors (Lipinski definition) is 3. The topological polar surface area (TPSA) is 58.8 Å². The number of ether oxygens (including phenoxy) is 1. The Labute approximate surface area is 119 Å². The summed E-state index contributed by atoms with van der Waals surface area (Å²) < 4.78 is 5.32. The Morgan fingerprint density at radius 1 is 1.25 bits per heavy atom. The largest absolute Gasteiger partial charge is 0.378 e. The summed E-state index contributed by atoms with van der Waals surface area (Å²) in [5, 5.41) is 0. The van der Waals surface area contributed by atoms with E-state index in [1.807, 2.05) is 34.1 Å². The van der Waals surface area contributed by atoms with E-state index >= 15 is 0 Å². The van der Waals surface area contributed by atoms with Crippen LogP contribution in [0.4, 0.5) is 10.5 Å². The number of morpholine rings is 1. The second kappa shape index (κ2) is 5.81. The normalized spacial score (nSPS) is 18.9. The minimum Gasteiger partial charge on any atom is -0.378 e. The third kappa shape index (κ3) is 2.78. The van der Waals surface area contributed by atoms with E-state index in [1.54, 1.807) is 0 Å². The Morgan fingerprint density at radius 3 is 2.45 bits per heavy atom. The number of benzene rings is 1. The van der Waals surface area contributed by atoms with Crippen molar-refractivity contribution in [1.82, 2.24) is 4.90 Å². The van der Waals surface area contributed by atoms with Crippen LogP contribution in [0.25, 0.3) is 0 Å². The number of nitrogens with two attached hydrogens (primary N) is 1. The zero-order valence-corrected chi connectivity index (χ0v) is 11.6. The van der Waals surface area contributed by atoms with Gasteiger partial charge in [0, 0.05) is 31.4 Å². The Hall–Kier alpha value is -1.59. The third-order valence-corrected chi connectivity index (χ3v) is 3.85. The van der Waals surface area contributed by atoms with Gasteiger partial charge in [-0.15, -0.1) is 0 Å². The summed E-state index contributed by atoms with van der Waals surface area (Å²) in [7, 11) is 0. The highest BCUT2D eigenvalue weighted by molar-refractivity contribution is 5.93. The quantitative estimate of drug-likeness (QED) is 0.911. The highest BCUT2D eigenvalue weighted by atomic mass is 16.5. The SMILES string of the molecule is NCc1ccc(N(C(=O)N2CCOCC2)C2CC2)cc1. The number of carbonyl (C=O) groups is 1. The molecule has 0 spiro atoms. The van der Waals surface area contributed by atoms with Gasteiger partial charge in [0.25, 0.3) is 0 Å². The van der Waals surface area contributed by atoms with Gasteiger partial charge < -0.3 is 15.4 Å². The molecule has 0 bridgehead atoms. The van der Waals surface area contributed by atoms with Crippen molar-refractivity contribution in [3.63, 3.8) is 0 Å². The highest BCUT2D eigenvalue weighted by Crippen LogP contribution is 2.33. The first-order chi connectivity index (χ1) is 9.79. The van der Waals surface area contributed by atoms with Crippen molar-refractivity contribution in [2.24, 2.45) is 5.73 Å². The van der Waals surface area contributed by atoms with Crippen molar-refractivity contribution in [3.8, 4) is 0 Å². The van der Waals surface area contributed by atoms with Crippen molar-refractivity contribution < 1.29 is 9.53 Å². The molecule has 0 aromatic heterocycles. The number of amides is 2. The maximum Gasteiger partial charge on any atom is 0.324 e. The molecule has 5 nitrogen and oxygen atoms in total. The molecule has 1 aromatic rings. The number of carbonyl (C=O) groups excluding carboxylic acids is 1. The van der Waals surface area contributed by atoms with E-state index in [-0.39, 0.29) is 6.03 Å². The standard InChI is InChI=1S/C15H21N3O2/c16-11-12-1-3-13(4-2-12)18(14-5-6-14)15(19)17-7-9-20-10-8-17/h1-4,14H,5-11,16H2. The molecule has 2 amide bonds. The van der Waals surface area contributed by atoms with E-state index < -0.39 is 0 Å². The first-order valence-corrected chi connectivity index (χ1v) is 7.24. The molecule has 1 aliphatic heterocycles. The predicted octanol–water partition coefficient (Wildman–Crippen LogP) is 1.57. The van der Waals surface area contributed by atoms with Crippen molar-refractivity contribution in [2.45, 2.75) is 25.4 Å². The van der Waals surface area contributed by atoms with Gasteiger partial charge >= 0.3 is 6.03 Å². The second-order valence-electron chi connectivity index (χ2n) is 5.35. The lowest BCUT2D eigenvalue weighted by Gasteiger charge is -2.33. The van der Waals surface area contributed by atoms with Gasteiger partial charge in [-0.25, -0.2) is 4.79 Å². The zero-order valence-electron chi connectivity index (χ0n) is 11.6. The van der Waals surface area contributed by atoms with Gasteiger partial charge in [-0.05, 0) is 30.5 Å². The van der Waals surface area contributed by atoms with Crippen LogP contribution in [0.2, 0.25) is 0 Å². The van der Waals surface area contributed by atoms with Gasteiger partial charge in [0.2, 0.25) is 0 Å². The van der Waals surface area contributed by atoms with Crippen molar-refractivity contribution >= 4 is 11.7 Å². The molecule has 5 heteroatoms. The molecule has 0 atom stereocenters. The zero-order chi connectivity index (χ0) is 13.9. The Balaban J connectivity index is 1.78. The summed E-state index contributed by atoms with van der Waals surface area (Å²) >= 11 is 0. The molecule has 20 heavy (non-hydrogen) atoms. The minimum absolute atomic E-state index is 0.108. The maximum atomic E-state index is 12.7. The van der Waals surface area contributed by atoms with E-state index in [1.165, 1.54) is 0 Å². The van der Waals surface area contributed by atoms with Crippen LogP contribution in [0, 0.1) is 0 Å². The van der Waals surface area contributed by atoms with E-state index in [0.29, 0.717) is 38.9 Å². The first kappa shape index (κ1) is 13.4. The summed E-state index contributed by atoms with van der Waals surface area (Å²) in [6.07, 6.45) is 2.18. The van der Waals surface area contributed by atoms with Gasteiger partial charge in [0.05, 0.1) is 13.2 Å². The van der Waals surface area contributed by atoms with Gasteiger partial charge in [-0.1, -0.05) is 12.1 Å². The fraction of sp³-hybridized carbons (Fsp3) is 0.533.